The Labute approximate surface area is 136 Å². The van der Waals surface area contributed by atoms with Crippen LogP contribution in [-0.2, 0) is 0 Å². The Hall–Kier alpha value is -1.95. The monoisotopic (exact) mass is 313 g/mol. The molecular formula is C17H23N5O. The van der Waals surface area contributed by atoms with E-state index in [0.717, 1.165) is 23.6 Å². The quantitative estimate of drug-likeness (QED) is 0.843. The van der Waals surface area contributed by atoms with Gasteiger partial charge in [-0.2, -0.15) is 5.10 Å². The molecule has 1 amide bonds. The maximum atomic E-state index is 13.0. The molecule has 23 heavy (non-hydrogen) atoms. The van der Waals surface area contributed by atoms with Gasteiger partial charge in [0.25, 0.3) is 5.91 Å². The highest BCUT2D eigenvalue weighted by molar-refractivity contribution is 5.95. The van der Waals surface area contributed by atoms with Crippen molar-refractivity contribution >= 4 is 11.6 Å². The van der Waals surface area contributed by atoms with Gasteiger partial charge in [-0.15, -0.1) is 0 Å². The maximum absolute atomic E-state index is 13.0. The average molecular weight is 313 g/mol. The molecule has 0 aliphatic carbocycles. The summed E-state index contributed by atoms with van der Waals surface area (Å²) in [5.74, 6) is 0.696. The molecule has 3 saturated heterocycles. The van der Waals surface area contributed by atoms with E-state index < -0.39 is 0 Å². The van der Waals surface area contributed by atoms with Crippen molar-refractivity contribution in [1.29, 1.82) is 0 Å². The molecule has 1 atom stereocenters. The Balaban J connectivity index is 1.64. The van der Waals surface area contributed by atoms with Crippen LogP contribution in [0, 0.1) is 19.8 Å². The lowest BCUT2D eigenvalue weighted by molar-refractivity contribution is 0.0161. The molecule has 0 N–H and O–H groups in total. The second kappa shape index (κ2) is 5.30. The average Bonchev–Trinajstić information content (AvgIpc) is 2.96. The molecule has 0 radical (unpaired) electrons. The molecule has 3 aliphatic heterocycles. The lowest BCUT2D eigenvalue weighted by atomic mass is 9.83. The summed E-state index contributed by atoms with van der Waals surface area (Å²) in [4.78, 5) is 21.8. The van der Waals surface area contributed by atoms with Gasteiger partial charge in [-0.05, 0) is 45.7 Å². The fourth-order valence-electron chi connectivity index (χ4n) is 4.09. The van der Waals surface area contributed by atoms with Gasteiger partial charge in [0.15, 0.2) is 5.65 Å². The van der Waals surface area contributed by atoms with E-state index in [2.05, 4.69) is 15.0 Å². The zero-order valence-electron chi connectivity index (χ0n) is 14.0. The van der Waals surface area contributed by atoms with E-state index in [4.69, 9.17) is 0 Å². The van der Waals surface area contributed by atoms with Crippen LogP contribution in [0.4, 0.5) is 0 Å². The van der Waals surface area contributed by atoms with Crippen LogP contribution in [0.3, 0.4) is 0 Å². The largest absolute Gasteiger partial charge is 0.337 e. The fourth-order valence-corrected chi connectivity index (χ4v) is 4.09. The molecular weight excluding hydrogens is 290 g/mol. The molecule has 5 rings (SSSR count). The van der Waals surface area contributed by atoms with Gasteiger partial charge in [-0.3, -0.25) is 4.79 Å². The summed E-state index contributed by atoms with van der Waals surface area (Å²) in [5, 5.41) is 4.44. The van der Waals surface area contributed by atoms with Crippen LogP contribution >= 0.6 is 0 Å². The van der Waals surface area contributed by atoms with Gasteiger partial charge in [0.2, 0.25) is 0 Å². The first-order valence-corrected chi connectivity index (χ1v) is 8.36. The number of fused-ring (bicyclic) bond motifs is 4. The molecule has 2 aromatic heterocycles. The number of carbonyl (C=O) groups is 1. The summed E-state index contributed by atoms with van der Waals surface area (Å²) in [6.07, 6.45) is 4.11. The highest BCUT2D eigenvalue weighted by Crippen LogP contribution is 2.31. The van der Waals surface area contributed by atoms with Crippen LogP contribution in [0.1, 0.15) is 34.6 Å². The molecule has 6 nitrogen and oxygen atoms in total. The third kappa shape index (κ3) is 2.32. The SMILES string of the molecule is Cc1cc2ncc(C(=O)N(C)[C@H]3CN4CCC3CC4)c(C)n2n1. The Kier molecular flexibility index (Phi) is 3.37. The fraction of sp³-hybridized carbons (Fsp3) is 0.588. The van der Waals surface area contributed by atoms with E-state index in [9.17, 15) is 4.79 Å². The van der Waals surface area contributed by atoms with Crippen molar-refractivity contribution in [2.24, 2.45) is 5.92 Å². The summed E-state index contributed by atoms with van der Waals surface area (Å²) >= 11 is 0. The van der Waals surface area contributed by atoms with Crippen molar-refractivity contribution in [2.45, 2.75) is 32.7 Å². The standard InChI is InChI=1S/C17H23N5O/c1-11-8-16-18-9-14(12(2)22(16)19-11)17(23)20(3)15-10-21-6-4-13(15)5-7-21/h8-9,13,15H,4-7,10H2,1-3H3/t15-/m0/s1. The second-order valence-electron chi connectivity index (χ2n) is 6.93. The smallest absolute Gasteiger partial charge is 0.257 e. The summed E-state index contributed by atoms with van der Waals surface area (Å²) in [6.45, 7) is 7.25. The molecule has 3 fully saturated rings. The molecule has 0 saturated carbocycles. The Morgan fingerprint density at radius 2 is 2.04 bits per heavy atom. The van der Waals surface area contributed by atoms with Crippen molar-refractivity contribution in [3.8, 4) is 0 Å². The summed E-state index contributed by atoms with van der Waals surface area (Å²) < 4.78 is 1.77. The molecule has 0 aromatic carbocycles. The van der Waals surface area contributed by atoms with E-state index in [-0.39, 0.29) is 5.91 Å². The molecule has 0 spiro atoms. The first-order chi connectivity index (χ1) is 11.0. The van der Waals surface area contributed by atoms with Crippen LogP contribution in [0.25, 0.3) is 5.65 Å². The topological polar surface area (TPSA) is 53.7 Å². The van der Waals surface area contributed by atoms with E-state index in [1.165, 1.54) is 25.9 Å². The van der Waals surface area contributed by atoms with Crippen molar-refractivity contribution in [3.63, 3.8) is 0 Å². The van der Waals surface area contributed by atoms with Gasteiger partial charge in [0.1, 0.15) is 0 Å². The number of aromatic nitrogens is 3. The summed E-state index contributed by atoms with van der Waals surface area (Å²) in [6, 6.07) is 2.25. The van der Waals surface area contributed by atoms with Gasteiger partial charge >= 0.3 is 0 Å². The van der Waals surface area contributed by atoms with Crippen LogP contribution in [0.5, 0.6) is 0 Å². The van der Waals surface area contributed by atoms with Crippen molar-refractivity contribution in [3.05, 3.63) is 29.2 Å². The van der Waals surface area contributed by atoms with Crippen LogP contribution in [0.15, 0.2) is 12.3 Å². The number of nitrogens with zero attached hydrogens (tertiary/aromatic N) is 5. The molecule has 0 unspecified atom stereocenters. The van der Waals surface area contributed by atoms with E-state index in [1.54, 1.807) is 10.7 Å². The van der Waals surface area contributed by atoms with Crippen molar-refractivity contribution in [2.75, 3.05) is 26.7 Å². The number of rotatable bonds is 2. The second-order valence-corrected chi connectivity index (χ2v) is 6.93. The zero-order chi connectivity index (χ0) is 16.1. The zero-order valence-corrected chi connectivity index (χ0v) is 14.0. The van der Waals surface area contributed by atoms with Gasteiger partial charge in [-0.1, -0.05) is 0 Å². The maximum Gasteiger partial charge on any atom is 0.257 e. The molecule has 2 aromatic rings. The normalized spacial score (nSPS) is 26.7. The highest BCUT2D eigenvalue weighted by atomic mass is 16.2. The molecule has 2 bridgehead atoms. The van der Waals surface area contributed by atoms with Gasteiger partial charge in [0.05, 0.1) is 17.0 Å². The third-order valence-corrected chi connectivity index (χ3v) is 5.52. The summed E-state index contributed by atoms with van der Waals surface area (Å²) in [7, 11) is 1.94. The predicted molar refractivity (Wildman–Crippen MR) is 87.5 cm³/mol. The first kappa shape index (κ1) is 14.6. The van der Waals surface area contributed by atoms with E-state index in [0.29, 0.717) is 17.5 Å². The van der Waals surface area contributed by atoms with Gasteiger partial charge in [-0.25, -0.2) is 9.50 Å². The number of hydrogen-bond donors (Lipinski definition) is 0. The predicted octanol–water partition coefficient (Wildman–Crippen LogP) is 1.51. The summed E-state index contributed by atoms with van der Waals surface area (Å²) in [5.41, 5.74) is 3.22. The van der Waals surface area contributed by atoms with Crippen LogP contribution in [0.2, 0.25) is 0 Å². The first-order valence-electron chi connectivity index (χ1n) is 8.36. The minimum absolute atomic E-state index is 0.0591. The number of hydrogen-bond acceptors (Lipinski definition) is 4. The minimum atomic E-state index is 0.0591. The van der Waals surface area contributed by atoms with E-state index >= 15 is 0 Å². The lowest BCUT2D eigenvalue weighted by Crippen LogP contribution is -2.57. The number of piperidine rings is 3. The molecule has 6 heteroatoms. The number of aryl methyl sites for hydroxylation is 2. The van der Waals surface area contributed by atoms with Crippen molar-refractivity contribution < 1.29 is 4.79 Å². The molecule has 3 aliphatic rings. The number of likely N-dealkylation sites (N-methyl/N-ethyl adjacent to an activating group) is 1. The van der Waals surface area contributed by atoms with Gasteiger partial charge in [0, 0.05) is 31.9 Å². The van der Waals surface area contributed by atoms with Gasteiger partial charge < -0.3 is 9.80 Å². The minimum Gasteiger partial charge on any atom is -0.337 e. The Morgan fingerprint density at radius 3 is 2.70 bits per heavy atom. The van der Waals surface area contributed by atoms with Crippen molar-refractivity contribution in [1.82, 2.24) is 24.4 Å². The van der Waals surface area contributed by atoms with Crippen LogP contribution in [-0.4, -0.2) is 63.0 Å². The van der Waals surface area contributed by atoms with Crippen LogP contribution < -0.4 is 0 Å². The molecule has 5 heterocycles. The number of carbonyl (C=O) groups excluding carboxylic acids is 1. The Bertz CT molecular complexity index is 760. The highest BCUT2D eigenvalue weighted by Gasteiger charge is 2.38. The van der Waals surface area contributed by atoms with E-state index in [1.807, 2.05) is 31.9 Å². The number of amides is 1. The Morgan fingerprint density at radius 1 is 1.30 bits per heavy atom. The lowest BCUT2D eigenvalue weighted by Gasteiger charge is -2.48. The molecule has 122 valence electrons. The third-order valence-electron chi connectivity index (χ3n) is 5.52.